The number of amides is 2. The fourth-order valence-electron chi connectivity index (χ4n) is 5.39. The highest BCUT2D eigenvalue weighted by Crippen LogP contribution is 2.34. The Morgan fingerprint density at radius 1 is 1.18 bits per heavy atom. The van der Waals surface area contributed by atoms with E-state index in [1.807, 2.05) is 38.3 Å². The lowest BCUT2D eigenvalue weighted by Crippen LogP contribution is -2.57. The number of nitrogens with one attached hydrogen (secondary N) is 1. The molecule has 3 aliphatic rings. The molecule has 9 nitrogen and oxygen atoms in total. The van der Waals surface area contributed by atoms with Gasteiger partial charge in [0.15, 0.2) is 10.9 Å². The number of fused-ring (bicyclic) bond motifs is 1. The van der Waals surface area contributed by atoms with Gasteiger partial charge in [-0.05, 0) is 24.6 Å². The highest BCUT2D eigenvalue weighted by molar-refractivity contribution is 7.14. The van der Waals surface area contributed by atoms with Gasteiger partial charge in [0.25, 0.3) is 5.91 Å². The molecule has 0 radical (unpaired) electrons. The van der Waals surface area contributed by atoms with E-state index in [-0.39, 0.29) is 36.7 Å². The predicted molar refractivity (Wildman–Crippen MR) is 151 cm³/mol. The van der Waals surface area contributed by atoms with Gasteiger partial charge >= 0.3 is 0 Å². The number of piperazine rings is 1. The number of ketones is 1. The molecular weight excluding hydrogens is 514 g/mol. The summed E-state index contributed by atoms with van der Waals surface area (Å²) in [6, 6.07) is 5.70. The number of carbonyl (C=O) groups is 3. The van der Waals surface area contributed by atoms with Gasteiger partial charge in [0.1, 0.15) is 24.8 Å². The lowest BCUT2D eigenvalue weighted by Gasteiger charge is -2.35. The number of Topliss-reactive ketones (excluding diaryl/α,β-unsaturated/α-hetero) is 1. The fraction of sp³-hybridized carbons (Fsp3) is 0.517. The first-order chi connectivity index (χ1) is 18.6. The van der Waals surface area contributed by atoms with Crippen molar-refractivity contribution < 1.29 is 19.1 Å². The Hall–Kier alpha value is -3.26. The fourth-order valence-corrected chi connectivity index (χ4v) is 6.28. The lowest BCUT2D eigenvalue weighted by atomic mass is 9.85. The lowest BCUT2D eigenvalue weighted by molar-refractivity contribution is -0.140. The molecule has 206 valence electrons. The molecule has 3 saturated heterocycles. The second kappa shape index (κ2) is 10.7. The SMILES string of the molecule is C#C[C@@H]1CN(C(=O)[C@@H](NC(=O)c2ccc(-c3csc(N4CCN(C)CC4)n3)cc2)C(C)(C)C)[C@@H]2C(=O)CO[C@H]12. The van der Waals surface area contributed by atoms with E-state index >= 15 is 0 Å². The van der Waals surface area contributed by atoms with Crippen LogP contribution in [0.1, 0.15) is 31.1 Å². The van der Waals surface area contributed by atoms with Crippen molar-refractivity contribution in [3.05, 3.63) is 35.2 Å². The topological polar surface area (TPSA) is 95.1 Å². The maximum absolute atomic E-state index is 13.7. The highest BCUT2D eigenvalue weighted by Gasteiger charge is 2.53. The first-order valence-electron chi connectivity index (χ1n) is 13.3. The van der Waals surface area contributed by atoms with Gasteiger partial charge in [-0.2, -0.15) is 0 Å². The van der Waals surface area contributed by atoms with E-state index in [0.29, 0.717) is 5.56 Å². The summed E-state index contributed by atoms with van der Waals surface area (Å²) in [5.74, 6) is 1.48. The summed E-state index contributed by atoms with van der Waals surface area (Å²) in [7, 11) is 2.13. The minimum Gasteiger partial charge on any atom is -0.366 e. The Morgan fingerprint density at radius 3 is 2.51 bits per heavy atom. The average molecular weight is 550 g/mol. The summed E-state index contributed by atoms with van der Waals surface area (Å²) in [4.78, 5) is 50.5. The van der Waals surface area contributed by atoms with Crippen molar-refractivity contribution in [1.29, 1.82) is 0 Å². The third-order valence-electron chi connectivity index (χ3n) is 7.78. The molecule has 39 heavy (non-hydrogen) atoms. The Kier molecular flexibility index (Phi) is 7.51. The number of hydrogen-bond donors (Lipinski definition) is 1. The molecule has 2 aromatic rings. The standard InChI is InChI=1S/C29H35N5O4S/c1-6-18-15-34(23-22(35)16-38-24(18)23)27(37)25(29(2,3)4)31-26(36)20-9-7-19(8-10-20)21-17-39-28(30-21)33-13-11-32(5)12-14-33/h1,7-10,17-18,23-25H,11-16H2,2-5H3,(H,31,36)/t18-,23-,24-,25-/m1/s1. The number of terminal acetylenes is 1. The summed E-state index contributed by atoms with van der Waals surface area (Å²) in [6.45, 7) is 9.80. The number of aromatic nitrogens is 1. The van der Waals surface area contributed by atoms with Crippen molar-refractivity contribution in [2.75, 3.05) is 51.3 Å². The molecule has 5 rings (SSSR count). The predicted octanol–water partition coefficient (Wildman–Crippen LogP) is 2.13. The van der Waals surface area contributed by atoms with Gasteiger partial charge in [-0.1, -0.05) is 38.8 Å². The van der Waals surface area contributed by atoms with E-state index in [9.17, 15) is 14.4 Å². The maximum atomic E-state index is 13.7. The Bertz CT molecular complexity index is 1290. The van der Waals surface area contributed by atoms with Crippen molar-refractivity contribution in [3.8, 4) is 23.6 Å². The molecule has 0 bridgehead atoms. The molecule has 0 saturated carbocycles. The molecule has 0 spiro atoms. The molecule has 1 aromatic carbocycles. The number of benzene rings is 1. The highest BCUT2D eigenvalue weighted by atomic mass is 32.1. The van der Waals surface area contributed by atoms with E-state index in [1.54, 1.807) is 23.5 Å². The van der Waals surface area contributed by atoms with Gasteiger partial charge in [-0.15, -0.1) is 17.8 Å². The van der Waals surface area contributed by atoms with E-state index in [1.165, 1.54) is 4.90 Å². The Balaban J connectivity index is 1.28. The second-order valence-electron chi connectivity index (χ2n) is 11.6. The molecule has 3 aliphatic heterocycles. The van der Waals surface area contributed by atoms with E-state index in [4.69, 9.17) is 16.1 Å². The molecule has 0 unspecified atom stereocenters. The average Bonchev–Trinajstić information content (AvgIpc) is 3.64. The smallest absolute Gasteiger partial charge is 0.251 e. The van der Waals surface area contributed by atoms with Crippen molar-refractivity contribution in [2.45, 2.75) is 39.0 Å². The van der Waals surface area contributed by atoms with Gasteiger partial charge in [0.05, 0.1) is 11.6 Å². The van der Waals surface area contributed by atoms with Crippen LogP contribution in [-0.4, -0.2) is 96.9 Å². The number of likely N-dealkylation sites (N-methyl/N-ethyl adjacent to an activating group) is 1. The number of likely N-dealkylation sites (tertiary alicyclic amines) is 1. The van der Waals surface area contributed by atoms with Crippen molar-refractivity contribution >= 4 is 34.1 Å². The molecule has 2 amide bonds. The molecule has 4 atom stereocenters. The molecule has 4 heterocycles. The van der Waals surface area contributed by atoms with Crippen LogP contribution in [0.2, 0.25) is 0 Å². The van der Waals surface area contributed by atoms with Gasteiger partial charge in [-0.3, -0.25) is 14.4 Å². The quantitative estimate of drug-likeness (QED) is 0.571. The monoisotopic (exact) mass is 549 g/mol. The zero-order chi connectivity index (χ0) is 27.9. The maximum Gasteiger partial charge on any atom is 0.251 e. The van der Waals surface area contributed by atoms with Gasteiger partial charge in [-0.25, -0.2) is 4.98 Å². The van der Waals surface area contributed by atoms with Crippen LogP contribution in [0.25, 0.3) is 11.3 Å². The molecule has 1 N–H and O–H groups in total. The molecule has 10 heteroatoms. The minimum atomic E-state index is -0.847. The number of hydrogen-bond acceptors (Lipinski definition) is 8. The van der Waals surface area contributed by atoms with Crippen LogP contribution in [0.3, 0.4) is 0 Å². The zero-order valence-electron chi connectivity index (χ0n) is 22.8. The van der Waals surface area contributed by atoms with Gasteiger partial charge in [0, 0.05) is 49.2 Å². The number of anilines is 1. The van der Waals surface area contributed by atoms with Gasteiger partial charge in [0.2, 0.25) is 5.91 Å². The van der Waals surface area contributed by atoms with Crippen LogP contribution in [0.5, 0.6) is 0 Å². The summed E-state index contributed by atoms with van der Waals surface area (Å²) >= 11 is 1.63. The van der Waals surface area contributed by atoms with Crippen LogP contribution in [-0.2, 0) is 14.3 Å². The van der Waals surface area contributed by atoms with Crippen LogP contribution in [0.4, 0.5) is 5.13 Å². The van der Waals surface area contributed by atoms with Crippen molar-refractivity contribution in [3.63, 3.8) is 0 Å². The van der Waals surface area contributed by atoms with Crippen LogP contribution >= 0.6 is 11.3 Å². The molecule has 3 fully saturated rings. The zero-order valence-corrected chi connectivity index (χ0v) is 23.7. The number of carbonyl (C=O) groups excluding carboxylic acids is 3. The second-order valence-corrected chi connectivity index (χ2v) is 12.4. The Morgan fingerprint density at radius 2 is 1.87 bits per heavy atom. The third-order valence-corrected chi connectivity index (χ3v) is 8.68. The summed E-state index contributed by atoms with van der Waals surface area (Å²) in [5, 5.41) is 5.98. The van der Waals surface area contributed by atoms with Gasteiger partial charge < -0.3 is 24.8 Å². The van der Waals surface area contributed by atoms with Crippen molar-refractivity contribution in [2.24, 2.45) is 11.3 Å². The van der Waals surface area contributed by atoms with E-state index in [0.717, 1.165) is 42.6 Å². The van der Waals surface area contributed by atoms with E-state index < -0.39 is 23.6 Å². The number of nitrogens with zero attached hydrogens (tertiary/aromatic N) is 4. The Labute approximate surface area is 233 Å². The number of rotatable bonds is 5. The van der Waals surface area contributed by atoms with Crippen molar-refractivity contribution in [1.82, 2.24) is 20.1 Å². The van der Waals surface area contributed by atoms with Crippen LogP contribution < -0.4 is 10.2 Å². The summed E-state index contributed by atoms with van der Waals surface area (Å²) in [6.07, 6.45) is 5.17. The van der Waals surface area contributed by atoms with Crippen LogP contribution in [0.15, 0.2) is 29.6 Å². The summed E-state index contributed by atoms with van der Waals surface area (Å²) in [5.41, 5.74) is 1.64. The van der Waals surface area contributed by atoms with Crippen LogP contribution in [0, 0.1) is 23.7 Å². The molecule has 1 aromatic heterocycles. The number of thiazole rings is 1. The molecule has 0 aliphatic carbocycles. The van der Waals surface area contributed by atoms with E-state index in [2.05, 4.69) is 28.1 Å². The largest absolute Gasteiger partial charge is 0.366 e. The first-order valence-corrected chi connectivity index (χ1v) is 14.2. The molecular formula is C29H35N5O4S. The number of ether oxygens (including phenoxy) is 1. The summed E-state index contributed by atoms with van der Waals surface area (Å²) < 4.78 is 5.59. The third kappa shape index (κ3) is 5.44. The first kappa shape index (κ1) is 27.3. The normalized spacial score (nSPS) is 24.4. The minimum absolute atomic E-state index is 0.0496.